The zero-order chi connectivity index (χ0) is 16.5. The van der Waals surface area contributed by atoms with E-state index in [4.69, 9.17) is 4.74 Å². The highest BCUT2D eigenvalue weighted by molar-refractivity contribution is 7.17. The minimum atomic E-state index is -0.456. The summed E-state index contributed by atoms with van der Waals surface area (Å²) in [6.07, 6.45) is 9.16. The van der Waals surface area contributed by atoms with Gasteiger partial charge in [-0.05, 0) is 62.3 Å². The molecule has 2 aromatic heterocycles. The van der Waals surface area contributed by atoms with Gasteiger partial charge >= 0.3 is 5.97 Å². The van der Waals surface area contributed by atoms with Crippen LogP contribution in [-0.4, -0.2) is 22.8 Å². The monoisotopic (exact) mass is 341 g/mol. The third-order valence-electron chi connectivity index (χ3n) is 4.69. The maximum atomic E-state index is 12.6. The normalized spacial score (nSPS) is 18.9. The number of ketones is 1. The fraction of sp³-hybridized carbons (Fsp3) is 0.421. The summed E-state index contributed by atoms with van der Waals surface area (Å²) in [7, 11) is 0. The maximum Gasteiger partial charge on any atom is 0.342 e. The first-order valence-electron chi connectivity index (χ1n) is 8.51. The van der Waals surface area contributed by atoms with Crippen LogP contribution in [0.3, 0.4) is 0 Å². The Morgan fingerprint density at radius 1 is 1.21 bits per heavy atom. The van der Waals surface area contributed by atoms with Crippen LogP contribution in [0.5, 0.6) is 0 Å². The topological polar surface area (TPSA) is 56.3 Å². The Hall–Kier alpha value is -2.01. The number of aromatic nitrogens is 1. The molecule has 2 fully saturated rings. The molecule has 5 heteroatoms. The second-order valence-electron chi connectivity index (χ2n) is 6.56. The van der Waals surface area contributed by atoms with E-state index < -0.39 is 5.97 Å². The van der Waals surface area contributed by atoms with Crippen molar-refractivity contribution in [2.24, 2.45) is 5.92 Å². The van der Waals surface area contributed by atoms with Crippen LogP contribution in [0.1, 0.15) is 44.1 Å². The largest absolute Gasteiger partial charge is 0.459 e. The Balaban J connectivity index is 1.66. The first-order valence-corrected chi connectivity index (χ1v) is 9.39. The Bertz CT molecular complexity index is 813. The van der Waals surface area contributed by atoms with Gasteiger partial charge in [0.2, 0.25) is 0 Å². The van der Waals surface area contributed by atoms with Gasteiger partial charge in [-0.1, -0.05) is 0 Å². The van der Waals surface area contributed by atoms with Gasteiger partial charge in [0.1, 0.15) is 16.5 Å². The highest BCUT2D eigenvalue weighted by Crippen LogP contribution is 2.35. The van der Waals surface area contributed by atoms with E-state index in [1.54, 1.807) is 12.3 Å². The van der Waals surface area contributed by atoms with Crippen LogP contribution in [0, 0.1) is 5.92 Å². The lowest BCUT2D eigenvalue weighted by Gasteiger charge is -2.12. The molecule has 0 unspecified atom stereocenters. The van der Waals surface area contributed by atoms with Crippen LogP contribution >= 0.6 is 11.3 Å². The number of nitrogens with zero attached hydrogens (tertiary/aromatic N) is 1. The predicted molar refractivity (Wildman–Crippen MR) is 93.7 cm³/mol. The van der Waals surface area contributed by atoms with Gasteiger partial charge in [0.15, 0.2) is 5.78 Å². The van der Waals surface area contributed by atoms with E-state index in [1.807, 2.05) is 17.5 Å². The van der Waals surface area contributed by atoms with Crippen molar-refractivity contribution in [3.63, 3.8) is 0 Å². The third-order valence-corrected chi connectivity index (χ3v) is 5.61. The Morgan fingerprint density at radius 2 is 2.00 bits per heavy atom. The van der Waals surface area contributed by atoms with E-state index in [9.17, 15) is 9.59 Å². The zero-order valence-electron chi connectivity index (χ0n) is 13.4. The van der Waals surface area contributed by atoms with Crippen LogP contribution in [0.2, 0.25) is 0 Å². The molecule has 4 nitrogen and oxygen atoms in total. The Kier molecular flexibility index (Phi) is 4.19. The molecule has 0 atom stereocenters. The maximum absolute atomic E-state index is 12.6. The minimum Gasteiger partial charge on any atom is -0.459 e. The highest BCUT2D eigenvalue weighted by Gasteiger charge is 2.36. The summed E-state index contributed by atoms with van der Waals surface area (Å²) >= 11 is 1.52. The molecule has 0 spiro atoms. The zero-order valence-corrected chi connectivity index (χ0v) is 14.2. The molecule has 0 aliphatic heterocycles. The van der Waals surface area contributed by atoms with Gasteiger partial charge in [0.25, 0.3) is 0 Å². The minimum absolute atomic E-state index is 0.00426. The quantitative estimate of drug-likeness (QED) is 0.355. The van der Waals surface area contributed by atoms with Crippen molar-refractivity contribution >= 4 is 39.4 Å². The first kappa shape index (κ1) is 15.5. The van der Waals surface area contributed by atoms with Gasteiger partial charge in [0.05, 0.1) is 0 Å². The van der Waals surface area contributed by atoms with Crippen molar-refractivity contribution in [1.29, 1.82) is 0 Å². The van der Waals surface area contributed by atoms with E-state index in [1.165, 1.54) is 11.3 Å². The van der Waals surface area contributed by atoms with Crippen molar-refractivity contribution in [3.05, 3.63) is 34.8 Å². The molecule has 2 heterocycles. The number of esters is 1. The molecule has 2 aliphatic carbocycles. The number of hydrogen-bond acceptors (Lipinski definition) is 5. The van der Waals surface area contributed by atoms with Gasteiger partial charge < -0.3 is 4.74 Å². The molecule has 4 rings (SSSR count). The molecule has 0 bridgehead atoms. The van der Waals surface area contributed by atoms with Crippen LogP contribution in [0.25, 0.3) is 16.3 Å². The molecule has 0 aromatic carbocycles. The summed E-state index contributed by atoms with van der Waals surface area (Å²) in [5.41, 5.74) is 1.07. The molecular formula is C19H19NO3S. The van der Waals surface area contributed by atoms with E-state index in [-0.39, 0.29) is 23.4 Å². The number of hydrogen-bond donors (Lipinski definition) is 0. The molecule has 0 amide bonds. The number of thiophene rings is 1. The van der Waals surface area contributed by atoms with E-state index >= 15 is 0 Å². The van der Waals surface area contributed by atoms with Gasteiger partial charge in [0, 0.05) is 22.9 Å². The lowest BCUT2D eigenvalue weighted by molar-refractivity contribution is -0.145. The summed E-state index contributed by atoms with van der Waals surface area (Å²) in [6.45, 7) is 0. The second kappa shape index (κ2) is 6.48. The summed E-state index contributed by atoms with van der Waals surface area (Å²) in [6, 6.07) is 3.83. The molecular weight excluding hydrogens is 322 g/mol. The molecule has 0 N–H and O–H groups in total. The highest BCUT2D eigenvalue weighted by atomic mass is 32.1. The molecule has 2 aliphatic rings. The van der Waals surface area contributed by atoms with Crippen molar-refractivity contribution in [3.8, 4) is 0 Å². The van der Waals surface area contributed by atoms with Crippen molar-refractivity contribution < 1.29 is 14.3 Å². The van der Waals surface area contributed by atoms with Crippen LogP contribution in [0.4, 0.5) is 0 Å². The second-order valence-corrected chi connectivity index (χ2v) is 7.41. The summed E-state index contributed by atoms with van der Waals surface area (Å²) < 4.78 is 5.59. The van der Waals surface area contributed by atoms with Crippen LogP contribution in [-0.2, 0) is 14.3 Å². The smallest absolute Gasteiger partial charge is 0.342 e. The molecule has 0 saturated heterocycles. The van der Waals surface area contributed by atoms with Crippen molar-refractivity contribution in [2.45, 2.75) is 44.6 Å². The van der Waals surface area contributed by atoms with Gasteiger partial charge in [-0.25, -0.2) is 9.78 Å². The summed E-state index contributed by atoms with van der Waals surface area (Å²) in [4.78, 5) is 30.4. The number of pyridine rings is 1. The van der Waals surface area contributed by atoms with Crippen LogP contribution < -0.4 is 0 Å². The molecule has 124 valence electrons. The third kappa shape index (κ3) is 3.13. The number of Topliss-reactive ketones (excluding diaryl/α,β-unsaturated/α-hetero) is 1. The molecule has 0 radical (unpaired) electrons. The molecule has 2 aromatic rings. The van der Waals surface area contributed by atoms with E-state index in [0.717, 1.165) is 54.3 Å². The number of rotatable bonds is 5. The van der Waals surface area contributed by atoms with Crippen molar-refractivity contribution in [2.75, 3.05) is 0 Å². The average molecular weight is 341 g/mol. The van der Waals surface area contributed by atoms with Crippen LogP contribution in [0.15, 0.2) is 29.3 Å². The SMILES string of the molecule is O=C(OC1CCCC1)/C(=C\c1csc2ncccc12)C(=O)C1CC1. The van der Waals surface area contributed by atoms with Gasteiger partial charge in [-0.3, -0.25) is 4.79 Å². The fourth-order valence-electron chi connectivity index (χ4n) is 3.17. The fourth-order valence-corrected chi connectivity index (χ4v) is 4.04. The Labute approximate surface area is 144 Å². The number of carbonyl (C=O) groups excluding carboxylic acids is 2. The van der Waals surface area contributed by atoms with Gasteiger partial charge in [-0.15, -0.1) is 11.3 Å². The lowest BCUT2D eigenvalue weighted by atomic mass is 10.0. The van der Waals surface area contributed by atoms with Crippen molar-refractivity contribution in [1.82, 2.24) is 4.98 Å². The van der Waals surface area contributed by atoms with Gasteiger partial charge in [-0.2, -0.15) is 0 Å². The molecule has 24 heavy (non-hydrogen) atoms. The lowest BCUT2D eigenvalue weighted by Crippen LogP contribution is -2.21. The Morgan fingerprint density at radius 3 is 2.75 bits per heavy atom. The van der Waals surface area contributed by atoms with E-state index in [0.29, 0.717) is 0 Å². The number of fused-ring (bicyclic) bond motifs is 1. The summed E-state index contributed by atoms with van der Waals surface area (Å²) in [5, 5.41) is 2.91. The summed E-state index contributed by atoms with van der Waals surface area (Å²) in [5.74, 6) is -0.529. The predicted octanol–water partition coefficient (Wildman–Crippen LogP) is 4.14. The first-order chi connectivity index (χ1) is 11.7. The standard InChI is InChI=1S/C19H19NO3S/c21-17(12-7-8-12)16(19(22)23-14-4-1-2-5-14)10-13-11-24-18-15(13)6-3-9-20-18/h3,6,9-12,14H,1-2,4-5,7-8H2/b16-10-. The molecule has 2 saturated carbocycles. The average Bonchev–Trinajstić information content (AvgIpc) is 3.18. The number of carbonyl (C=O) groups is 2. The van der Waals surface area contributed by atoms with E-state index in [2.05, 4.69) is 4.98 Å². The number of ether oxygens (including phenoxy) is 1.